The molecule has 0 aliphatic heterocycles. The van der Waals surface area contributed by atoms with Gasteiger partial charge in [0.25, 0.3) is 10.1 Å². The second-order valence-electron chi connectivity index (χ2n) is 3.54. The molecule has 1 aromatic rings. The largest absolute Gasteiger partial charge is 0.467 e. The van der Waals surface area contributed by atoms with E-state index in [0.29, 0.717) is 0 Å². The summed E-state index contributed by atoms with van der Waals surface area (Å²) in [6.45, 7) is 0.898. The maximum absolute atomic E-state index is 13.0. The van der Waals surface area contributed by atoms with Gasteiger partial charge in [-0.15, -0.1) is 0 Å². The molecule has 1 unspecified atom stereocenters. The van der Waals surface area contributed by atoms with Crippen molar-refractivity contribution >= 4 is 16.1 Å². The fraction of sp³-hybridized carbons (Fsp3) is 0.364. The van der Waals surface area contributed by atoms with E-state index in [1.54, 1.807) is 19.1 Å². The molecule has 100 valence electrons. The summed E-state index contributed by atoms with van der Waals surface area (Å²) in [5.74, 6) is -1.17. The van der Waals surface area contributed by atoms with Crippen molar-refractivity contribution in [3.63, 3.8) is 0 Å². The summed E-state index contributed by atoms with van der Waals surface area (Å²) in [5.41, 5.74) is 0.881. The zero-order chi connectivity index (χ0) is 13.8. The van der Waals surface area contributed by atoms with Gasteiger partial charge in [-0.25, -0.2) is 9.18 Å². The maximum atomic E-state index is 13.0. The van der Waals surface area contributed by atoms with Gasteiger partial charge < -0.3 is 4.74 Å². The van der Waals surface area contributed by atoms with Crippen LogP contribution < -0.4 is 0 Å². The highest BCUT2D eigenvalue weighted by Crippen LogP contribution is 2.14. The van der Waals surface area contributed by atoms with Crippen LogP contribution in [0.1, 0.15) is 5.56 Å². The average Bonchev–Trinajstić information content (AvgIpc) is 2.35. The number of methoxy groups -OCH3 is 1. The first kappa shape index (κ1) is 14.6. The lowest BCUT2D eigenvalue weighted by Crippen LogP contribution is -2.24. The van der Waals surface area contributed by atoms with Gasteiger partial charge in [0.1, 0.15) is 6.61 Å². The number of esters is 1. The monoisotopic (exact) mass is 276 g/mol. The van der Waals surface area contributed by atoms with Crippen molar-refractivity contribution in [2.75, 3.05) is 13.7 Å². The molecule has 18 heavy (non-hydrogen) atoms. The van der Waals surface area contributed by atoms with Crippen molar-refractivity contribution in [2.45, 2.75) is 18.0 Å². The van der Waals surface area contributed by atoms with Crippen molar-refractivity contribution < 1.29 is 26.5 Å². The molecular formula is C11H13FO5S. The molecule has 0 amide bonds. The van der Waals surface area contributed by atoms with Crippen LogP contribution in [0, 0.1) is 6.92 Å². The van der Waals surface area contributed by atoms with Crippen LogP contribution in [0.4, 0.5) is 4.39 Å². The normalized spacial score (nSPS) is 13.1. The third-order valence-electron chi connectivity index (χ3n) is 2.14. The molecule has 0 radical (unpaired) electrons. The zero-order valence-corrected chi connectivity index (χ0v) is 10.7. The van der Waals surface area contributed by atoms with Crippen molar-refractivity contribution in [1.82, 2.24) is 0 Å². The Balaban J connectivity index is 2.71. The molecule has 1 aromatic carbocycles. The molecule has 0 aliphatic carbocycles. The fourth-order valence-electron chi connectivity index (χ4n) is 1.12. The van der Waals surface area contributed by atoms with Gasteiger partial charge in [-0.3, -0.25) is 4.18 Å². The lowest BCUT2D eigenvalue weighted by Gasteiger charge is -2.08. The summed E-state index contributed by atoms with van der Waals surface area (Å²) in [7, 11) is -3.06. The molecule has 0 aliphatic rings. The summed E-state index contributed by atoms with van der Waals surface area (Å²) < 4.78 is 44.8. The second-order valence-corrected chi connectivity index (χ2v) is 5.16. The first-order chi connectivity index (χ1) is 8.36. The number of ether oxygens (including phenoxy) is 1. The quantitative estimate of drug-likeness (QED) is 0.597. The molecule has 0 spiro atoms. The predicted molar refractivity (Wildman–Crippen MR) is 61.2 cm³/mol. The van der Waals surface area contributed by atoms with Gasteiger partial charge >= 0.3 is 5.97 Å². The summed E-state index contributed by atoms with van der Waals surface area (Å²) in [4.78, 5) is 10.6. The van der Waals surface area contributed by atoms with Gasteiger partial charge in [-0.05, 0) is 19.1 Å². The molecule has 0 fully saturated rings. The third-order valence-corrected chi connectivity index (χ3v) is 3.43. The van der Waals surface area contributed by atoms with Crippen molar-refractivity contribution in [1.29, 1.82) is 0 Å². The van der Waals surface area contributed by atoms with Crippen LogP contribution in [0.5, 0.6) is 0 Å². The predicted octanol–water partition coefficient (Wildman–Crippen LogP) is 1.21. The van der Waals surface area contributed by atoms with Crippen LogP contribution in [0.3, 0.4) is 0 Å². The Bertz CT molecular complexity index is 509. The van der Waals surface area contributed by atoms with E-state index in [4.69, 9.17) is 0 Å². The minimum atomic E-state index is -4.06. The topological polar surface area (TPSA) is 69.7 Å². The van der Waals surface area contributed by atoms with Crippen molar-refractivity contribution in [3.05, 3.63) is 29.8 Å². The first-order valence-electron chi connectivity index (χ1n) is 5.05. The minimum absolute atomic E-state index is 0.0924. The van der Waals surface area contributed by atoms with E-state index >= 15 is 0 Å². The highest BCUT2D eigenvalue weighted by molar-refractivity contribution is 7.86. The summed E-state index contributed by atoms with van der Waals surface area (Å²) in [6, 6.07) is 5.86. The van der Waals surface area contributed by atoms with Crippen LogP contribution in [0.15, 0.2) is 29.2 Å². The molecule has 0 N–H and O–H groups in total. The number of benzene rings is 1. The van der Waals surface area contributed by atoms with Gasteiger partial charge in [-0.1, -0.05) is 17.7 Å². The number of carbonyl (C=O) groups excluding carboxylic acids is 1. The minimum Gasteiger partial charge on any atom is -0.467 e. The van der Waals surface area contributed by atoms with E-state index in [9.17, 15) is 17.6 Å². The van der Waals surface area contributed by atoms with Crippen LogP contribution >= 0.6 is 0 Å². The van der Waals surface area contributed by atoms with E-state index < -0.39 is 28.9 Å². The molecule has 1 atom stereocenters. The number of hydrogen-bond donors (Lipinski definition) is 0. The number of rotatable bonds is 5. The van der Waals surface area contributed by atoms with Gasteiger partial charge in [0.05, 0.1) is 12.0 Å². The molecule has 7 heteroatoms. The van der Waals surface area contributed by atoms with Gasteiger partial charge in [-0.2, -0.15) is 8.42 Å². The van der Waals surface area contributed by atoms with Crippen molar-refractivity contribution in [3.8, 4) is 0 Å². The van der Waals surface area contributed by atoms with Crippen molar-refractivity contribution in [2.24, 2.45) is 0 Å². The molecule has 0 heterocycles. The molecule has 0 aromatic heterocycles. The number of halogens is 1. The zero-order valence-electron chi connectivity index (χ0n) is 9.92. The van der Waals surface area contributed by atoms with E-state index in [2.05, 4.69) is 8.92 Å². The Kier molecular flexibility index (Phi) is 4.80. The smallest absolute Gasteiger partial charge is 0.342 e. The lowest BCUT2D eigenvalue weighted by atomic mass is 10.2. The second kappa shape index (κ2) is 5.92. The molecular weight excluding hydrogens is 263 g/mol. The van der Waals surface area contributed by atoms with E-state index in [0.717, 1.165) is 12.7 Å². The highest BCUT2D eigenvalue weighted by Gasteiger charge is 2.23. The Morgan fingerprint density at radius 2 is 1.89 bits per heavy atom. The summed E-state index contributed by atoms with van der Waals surface area (Å²) in [6.07, 6.45) is -2.13. The molecule has 0 bridgehead atoms. The Hall–Kier alpha value is -1.47. The Morgan fingerprint density at radius 3 is 2.39 bits per heavy atom. The van der Waals surface area contributed by atoms with Crippen LogP contribution in [-0.4, -0.2) is 34.3 Å². The number of hydrogen-bond acceptors (Lipinski definition) is 5. The lowest BCUT2D eigenvalue weighted by molar-refractivity contribution is -0.147. The highest BCUT2D eigenvalue weighted by atomic mass is 32.2. The van der Waals surface area contributed by atoms with Gasteiger partial charge in [0, 0.05) is 0 Å². The van der Waals surface area contributed by atoms with Gasteiger partial charge in [0.2, 0.25) is 6.17 Å². The number of aryl methyl sites for hydroxylation is 1. The Morgan fingerprint density at radius 1 is 1.33 bits per heavy atom. The van der Waals surface area contributed by atoms with Gasteiger partial charge in [0.15, 0.2) is 0 Å². The summed E-state index contributed by atoms with van der Waals surface area (Å²) in [5, 5.41) is 0. The average molecular weight is 276 g/mol. The maximum Gasteiger partial charge on any atom is 0.342 e. The third kappa shape index (κ3) is 3.78. The van der Waals surface area contributed by atoms with E-state index in [-0.39, 0.29) is 4.90 Å². The first-order valence-corrected chi connectivity index (χ1v) is 6.45. The standard InChI is InChI=1S/C11H13FO5S/c1-8-3-5-9(6-4-8)18(14,15)17-7-10(12)11(13)16-2/h3-6,10H,7H2,1-2H3. The molecule has 0 saturated carbocycles. The molecule has 5 nitrogen and oxygen atoms in total. The SMILES string of the molecule is COC(=O)C(F)COS(=O)(=O)c1ccc(C)cc1. The Labute approximate surface area is 105 Å². The van der Waals surface area contributed by atoms with E-state index in [1.165, 1.54) is 12.1 Å². The fourth-order valence-corrected chi connectivity index (χ4v) is 2.02. The summed E-state index contributed by atoms with van der Waals surface area (Å²) >= 11 is 0. The molecule has 1 rings (SSSR count). The number of alkyl halides is 1. The van der Waals surface area contributed by atoms with Crippen LogP contribution in [0.25, 0.3) is 0 Å². The molecule has 0 saturated heterocycles. The van der Waals surface area contributed by atoms with Crippen LogP contribution in [0.2, 0.25) is 0 Å². The van der Waals surface area contributed by atoms with E-state index in [1.807, 2.05) is 0 Å². The van der Waals surface area contributed by atoms with Crippen LogP contribution in [-0.2, 0) is 23.8 Å². The number of carbonyl (C=O) groups is 1.